The number of aliphatic imine (C=N–C) groups is 1. The van der Waals surface area contributed by atoms with Gasteiger partial charge in [0.15, 0.2) is 5.96 Å². The van der Waals surface area contributed by atoms with Crippen molar-refractivity contribution < 1.29 is 8.78 Å². The summed E-state index contributed by atoms with van der Waals surface area (Å²) in [5.41, 5.74) is 5.74. The van der Waals surface area contributed by atoms with E-state index in [1.54, 1.807) is 0 Å². The summed E-state index contributed by atoms with van der Waals surface area (Å²) < 4.78 is 25.9. The van der Waals surface area contributed by atoms with Crippen LogP contribution in [0.25, 0.3) is 0 Å². The van der Waals surface area contributed by atoms with Gasteiger partial charge in [0, 0.05) is 17.2 Å². The topological polar surface area (TPSA) is 50.4 Å². The second-order valence-electron chi connectivity index (χ2n) is 4.81. The zero-order chi connectivity index (χ0) is 13.1. The Labute approximate surface area is 99.7 Å². The number of rotatable bonds is 2. The third-order valence-electron chi connectivity index (χ3n) is 1.94. The van der Waals surface area contributed by atoms with Gasteiger partial charge in [-0.3, -0.25) is 0 Å². The van der Waals surface area contributed by atoms with Crippen LogP contribution in [0.2, 0.25) is 0 Å². The van der Waals surface area contributed by atoms with Crippen LogP contribution in [0.4, 0.5) is 8.78 Å². The van der Waals surface area contributed by atoms with Crippen LogP contribution in [0, 0.1) is 11.6 Å². The maximum atomic E-state index is 13.3. The molecule has 94 valence electrons. The largest absolute Gasteiger partial charge is 0.370 e. The first-order valence-electron chi connectivity index (χ1n) is 5.30. The molecule has 0 fully saturated rings. The molecule has 1 aromatic rings. The number of halogens is 2. The van der Waals surface area contributed by atoms with Crippen molar-refractivity contribution in [3.8, 4) is 0 Å². The Morgan fingerprint density at radius 3 is 2.53 bits per heavy atom. The van der Waals surface area contributed by atoms with Crippen molar-refractivity contribution in [2.45, 2.75) is 32.9 Å². The second kappa shape index (κ2) is 5.12. The Balaban J connectivity index is 2.69. The molecule has 0 aliphatic heterocycles. The van der Waals surface area contributed by atoms with Crippen LogP contribution in [-0.4, -0.2) is 11.5 Å². The number of hydrogen-bond donors (Lipinski definition) is 2. The molecule has 0 aromatic heterocycles. The third kappa shape index (κ3) is 4.80. The summed E-state index contributed by atoms with van der Waals surface area (Å²) in [7, 11) is 0. The van der Waals surface area contributed by atoms with E-state index in [0.29, 0.717) is 5.56 Å². The normalized spacial score (nSPS) is 12.6. The van der Waals surface area contributed by atoms with Crippen molar-refractivity contribution in [1.82, 2.24) is 5.32 Å². The molecule has 1 aromatic carbocycles. The minimum Gasteiger partial charge on any atom is -0.370 e. The summed E-state index contributed by atoms with van der Waals surface area (Å²) in [5.74, 6) is -0.977. The molecule has 0 bridgehead atoms. The highest BCUT2D eigenvalue weighted by Crippen LogP contribution is 2.10. The van der Waals surface area contributed by atoms with Crippen molar-refractivity contribution in [1.29, 1.82) is 0 Å². The van der Waals surface area contributed by atoms with Gasteiger partial charge < -0.3 is 11.1 Å². The van der Waals surface area contributed by atoms with Crippen LogP contribution in [0.5, 0.6) is 0 Å². The van der Waals surface area contributed by atoms with Crippen LogP contribution < -0.4 is 11.1 Å². The first-order chi connectivity index (χ1) is 7.78. The Morgan fingerprint density at radius 1 is 1.35 bits per heavy atom. The molecule has 3 N–H and O–H groups in total. The number of nitrogens with one attached hydrogen (secondary N) is 1. The molecule has 17 heavy (non-hydrogen) atoms. The zero-order valence-corrected chi connectivity index (χ0v) is 10.2. The SMILES string of the molecule is CC(C)(C)NC(N)=NCc1ccc(F)cc1F. The van der Waals surface area contributed by atoms with Gasteiger partial charge in [-0.1, -0.05) is 6.07 Å². The maximum Gasteiger partial charge on any atom is 0.189 e. The standard InChI is InChI=1S/C12H17F2N3/c1-12(2,3)17-11(15)16-7-8-4-5-9(13)6-10(8)14/h4-6H,7H2,1-3H3,(H3,15,16,17). The molecule has 0 radical (unpaired) electrons. The van der Waals surface area contributed by atoms with Gasteiger partial charge in [-0.25, -0.2) is 13.8 Å². The van der Waals surface area contributed by atoms with Crippen molar-refractivity contribution in [2.75, 3.05) is 0 Å². The predicted octanol–water partition coefficient (Wildman–Crippen LogP) is 2.17. The summed E-state index contributed by atoms with van der Waals surface area (Å²) in [6.45, 7) is 5.90. The van der Waals surface area contributed by atoms with Gasteiger partial charge in [-0.05, 0) is 26.8 Å². The Kier molecular flexibility index (Phi) is 4.04. The van der Waals surface area contributed by atoms with Crippen LogP contribution >= 0.6 is 0 Å². The molecule has 0 aliphatic carbocycles. The highest BCUT2D eigenvalue weighted by atomic mass is 19.1. The van der Waals surface area contributed by atoms with E-state index in [1.807, 2.05) is 20.8 Å². The number of nitrogens with two attached hydrogens (primary N) is 1. The molecule has 0 spiro atoms. The van der Waals surface area contributed by atoms with E-state index in [9.17, 15) is 8.78 Å². The first-order valence-corrected chi connectivity index (χ1v) is 5.30. The Bertz CT molecular complexity index is 422. The number of nitrogens with zero attached hydrogens (tertiary/aromatic N) is 1. The molecular formula is C12H17F2N3. The smallest absolute Gasteiger partial charge is 0.189 e. The Hall–Kier alpha value is -1.65. The summed E-state index contributed by atoms with van der Waals surface area (Å²) in [6.07, 6.45) is 0. The maximum absolute atomic E-state index is 13.3. The fourth-order valence-electron chi connectivity index (χ4n) is 1.24. The minimum atomic E-state index is -0.614. The van der Waals surface area contributed by atoms with Gasteiger partial charge >= 0.3 is 0 Å². The third-order valence-corrected chi connectivity index (χ3v) is 1.94. The number of guanidine groups is 1. The lowest BCUT2D eigenvalue weighted by Crippen LogP contribution is -2.44. The molecule has 0 saturated carbocycles. The van der Waals surface area contributed by atoms with Crippen molar-refractivity contribution >= 4 is 5.96 Å². The van der Waals surface area contributed by atoms with Gasteiger partial charge in [0.2, 0.25) is 0 Å². The minimum absolute atomic E-state index is 0.0844. The zero-order valence-electron chi connectivity index (χ0n) is 10.2. The van der Waals surface area contributed by atoms with Crippen LogP contribution in [0.3, 0.4) is 0 Å². The first kappa shape index (κ1) is 13.4. The van der Waals surface area contributed by atoms with Crippen LogP contribution in [0.1, 0.15) is 26.3 Å². The van der Waals surface area contributed by atoms with E-state index in [2.05, 4.69) is 10.3 Å². The van der Waals surface area contributed by atoms with Gasteiger partial charge in [0.05, 0.1) is 6.54 Å². The molecule has 0 amide bonds. The van der Waals surface area contributed by atoms with Crippen LogP contribution in [0.15, 0.2) is 23.2 Å². The average molecular weight is 241 g/mol. The molecule has 5 heteroatoms. The Morgan fingerprint density at radius 2 is 2.00 bits per heavy atom. The fraction of sp³-hybridized carbons (Fsp3) is 0.417. The van der Waals surface area contributed by atoms with Gasteiger partial charge in [-0.15, -0.1) is 0 Å². The molecule has 0 unspecified atom stereocenters. The molecule has 3 nitrogen and oxygen atoms in total. The van der Waals surface area contributed by atoms with E-state index in [1.165, 1.54) is 12.1 Å². The molecule has 0 atom stereocenters. The van der Waals surface area contributed by atoms with Crippen molar-refractivity contribution in [2.24, 2.45) is 10.7 Å². The van der Waals surface area contributed by atoms with Crippen LogP contribution in [-0.2, 0) is 6.54 Å². The van der Waals surface area contributed by atoms with E-state index in [-0.39, 0.29) is 18.0 Å². The van der Waals surface area contributed by atoms with E-state index in [4.69, 9.17) is 5.73 Å². The monoisotopic (exact) mass is 241 g/mol. The average Bonchev–Trinajstić information content (AvgIpc) is 2.13. The summed E-state index contributed by atoms with van der Waals surface area (Å²) in [4.78, 5) is 3.99. The number of benzene rings is 1. The van der Waals surface area contributed by atoms with Gasteiger partial charge in [-0.2, -0.15) is 0 Å². The molecule has 0 heterocycles. The van der Waals surface area contributed by atoms with Crippen molar-refractivity contribution in [3.05, 3.63) is 35.4 Å². The van der Waals surface area contributed by atoms with E-state index < -0.39 is 11.6 Å². The fourth-order valence-corrected chi connectivity index (χ4v) is 1.24. The van der Waals surface area contributed by atoms with Crippen molar-refractivity contribution in [3.63, 3.8) is 0 Å². The van der Waals surface area contributed by atoms with Gasteiger partial charge in [0.25, 0.3) is 0 Å². The molecule has 1 rings (SSSR count). The van der Waals surface area contributed by atoms with E-state index in [0.717, 1.165) is 6.07 Å². The predicted molar refractivity (Wildman–Crippen MR) is 64.6 cm³/mol. The molecular weight excluding hydrogens is 224 g/mol. The lowest BCUT2D eigenvalue weighted by Gasteiger charge is -2.20. The highest BCUT2D eigenvalue weighted by Gasteiger charge is 2.10. The molecule has 0 aliphatic rings. The highest BCUT2D eigenvalue weighted by molar-refractivity contribution is 5.78. The van der Waals surface area contributed by atoms with E-state index >= 15 is 0 Å². The second-order valence-corrected chi connectivity index (χ2v) is 4.81. The van der Waals surface area contributed by atoms with Gasteiger partial charge in [0.1, 0.15) is 11.6 Å². The summed E-state index contributed by atoms with van der Waals surface area (Å²) in [6, 6.07) is 3.39. The number of hydrogen-bond acceptors (Lipinski definition) is 1. The quantitative estimate of drug-likeness (QED) is 0.616. The summed E-state index contributed by atoms with van der Waals surface area (Å²) >= 11 is 0. The lowest BCUT2D eigenvalue weighted by molar-refractivity contribution is 0.508. The lowest BCUT2D eigenvalue weighted by atomic mass is 10.1. The summed E-state index contributed by atoms with van der Waals surface area (Å²) in [5, 5.41) is 2.95. The molecule has 0 saturated heterocycles.